The van der Waals surface area contributed by atoms with Crippen LogP contribution in [-0.4, -0.2) is 43.0 Å². The first-order chi connectivity index (χ1) is 16.1. The van der Waals surface area contributed by atoms with E-state index in [-0.39, 0.29) is 6.04 Å². The summed E-state index contributed by atoms with van der Waals surface area (Å²) in [6, 6.07) is 16.2. The van der Waals surface area contributed by atoms with E-state index in [4.69, 9.17) is 27.9 Å². The summed E-state index contributed by atoms with van der Waals surface area (Å²) >= 11 is 12.8. The monoisotopic (exact) mass is 483 g/mol. The first-order valence-corrected chi connectivity index (χ1v) is 12.1. The minimum atomic E-state index is 0.0666. The first kappa shape index (κ1) is 22.3. The molecule has 0 aliphatic carbocycles. The molecule has 2 aliphatic rings. The molecule has 1 aromatic heterocycles. The highest BCUT2D eigenvalue weighted by Gasteiger charge is 2.26. The van der Waals surface area contributed by atoms with Gasteiger partial charge in [0.05, 0.1) is 30.6 Å². The summed E-state index contributed by atoms with van der Waals surface area (Å²) < 4.78 is 5.48. The van der Waals surface area contributed by atoms with E-state index in [1.807, 2.05) is 18.2 Å². The van der Waals surface area contributed by atoms with Gasteiger partial charge in [0.1, 0.15) is 0 Å². The zero-order valence-corrected chi connectivity index (χ0v) is 20.1. The molecule has 0 radical (unpaired) electrons. The van der Waals surface area contributed by atoms with Crippen LogP contribution in [0, 0.1) is 0 Å². The summed E-state index contributed by atoms with van der Waals surface area (Å²) in [6.45, 7) is 6.42. The Bertz CT molecular complexity index is 1140. The molecule has 172 valence electrons. The van der Waals surface area contributed by atoms with Gasteiger partial charge < -0.3 is 19.9 Å². The second kappa shape index (κ2) is 9.75. The molecular formula is C25H27Cl2N5O. The molecule has 0 spiro atoms. The molecule has 1 saturated heterocycles. The quantitative estimate of drug-likeness (QED) is 0.489. The first-order valence-electron chi connectivity index (χ1n) is 11.4. The number of aromatic nitrogens is 2. The van der Waals surface area contributed by atoms with Gasteiger partial charge in [0.15, 0.2) is 5.82 Å². The molecule has 0 unspecified atom stereocenters. The van der Waals surface area contributed by atoms with Gasteiger partial charge in [-0.05, 0) is 61.7 Å². The SMILES string of the molecule is C[C@H](c1cc(Cl)ccc1Cl)N1CCCc2nnc(Nc3cccc(N4CCOCC4)c3)cc21. The minimum Gasteiger partial charge on any atom is -0.378 e. The number of hydrogen-bond acceptors (Lipinski definition) is 6. The lowest BCUT2D eigenvalue weighted by Gasteiger charge is -2.36. The van der Waals surface area contributed by atoms with Crippen LogP contribution in [0.15, 0.2) is 48.5 Å². The molecule has 1 fully saturated rings. The largest absolute Gasteiger partial charge is 0.378 e. The van der Waals surface area contributed by atoms with Crippen molar-refractivity contribution in [2.75, 3.05) is 48.0 Å². The van der Waals surface area contributed by atoms with E-state index in [1.54, 1.807) is 0 Å². The zero-order valence-electron chi connectivity index (χ0n) is 18.6. The third kappa shape index (κ3) is 4.88. The van der Waals surface area contributed by atoms with Crippen LogP contribution in [0.5, 0.6) is 0 Å². The lowest BCUT2D eigenvalue weighted by Crippen LogP contribution is -2.36. The van der Waals surface area contributed by atoms with Crippen LogP contribution in [0.1, 0.15) is 30.6 Å². The fourth-order valence-electron chi connectivity index (χ4n) is 4.59. The van der Waals surface area contributed by atoms with Crippen molar-refractivity contribution in [1.82, 2.24) is 10.2 Å². The number of fused-ring (bicyclic) bond motifs is 1. The van der Waals surface area contributed by atoms with Gasteiger partial charge in [0, 0.05) is 47.1 Å². The number of nitrogens with one attached hydrogen (secondary N) is 1. The summed E-state index contributed by atoms with van der Waals surface area (Å²) in [5, 5.41) is 13.9. The van der Waals surface area contributed by atoms with Crippen molar-refractivity contribution < 1.29 is 4.74 Å². The highest BCUT2D eigenvalue weighted by molar-refractivity contribution is 6.33. The summed E-state index contributed by atoms with van der Waals surface area (Å²) in [6.07, 6.45) is 1.94. The van der Waals surface area contributed by atoms with Gasteiger partial charge >= 0.3 is 0 Å². The van der Waals surface area contributed by atoms with E-state index in [9.17, 15) is 0 Å². The molecule has 0 saturated carbocycles. The number of benzene rings is 2. The Morgan fingerprint density at radius 2 is 1.85 bits per heavy atom. The van der Waals surface area contributed by atoms with Crippen LogP contribution in [0.2, 0.25) is 10.0 Å². The van der Waals surface area contributed by atoms with E-state index in [0.29, 0.717) is 5.02 Å². The third-order valence-electron chi connectivity index (χ3n) is 6.34. The molecule has 1 atom stereocenters. The van der Waals surface area contributed by atoms with E-state index in [2.05, 4.69) is 62.6 Å². The van der Waals surface area contributed by atoms with Gasteiger partial charge in [0.2, 0.25) is 0 Å². The lowest BCUT2D eigenvalue weighted by molar-refractivity contribution is 0.122. The maximum absolute atomic E-state index is 6.52. The van der Waals surface area contributed by atoms with Crippen molar-refractivity contribution in [3.8, 4) is 0 Å². The van der Waals surface area contributed by atoms with E-state index >= 15 is 0 Å². The van der Waals surface area contributed by atoms with Crippen LogP contribution >= 0.6 is 23.2 Å². The molecule has 8 heteroatoms. The van der Waals surface area contributed by atoms with Crippen molar-refractivity contribution in [3.05, 3.63) is 69.8 Å². The van der Waals surface area contributed by atoms with E-state index in [0.717, 1.165) is 79.2 Å². The minimum absolute atomic E-state index is 0.0666. The van der Waals surface area contributed by atoms with Crippen molar-refractivity contribution in [3.63, 3.8) is 0 Å². The maximum Gasteiger partial charge on any atom is 0.155 e. The zero-order chi connectivity index (χ0) is 22.8. The number of aryl methyl sites for hydroxylation is 1. The van der Waals surface area contributed by atoms with Crippen molar-refractivity contribution >= 4 is 46.1 Å². The Morgan fingerprint density at radius 3 is 2.70 bits per heavy atom. The van der Waals surface area contributed by atoms with Gasteiger partial charge in [0.25, 0.3) is 0 Å². The highest BCUT2D eigenvalue weighted by Crippen LogP contribution is 2.37. The smallest absolute Gasteiger partial charge is 0.155 e. The molecule has 6 nitrogen and oxygen atoms in total. The highest BCUT2D eigenvalue weighted by atomic mass is 35.5. The molecule has 3 heterocycles. The average Bonchev–Trinajstić information content (AvgIpc) is 2.85. The third-order valence-corrected chi connectivity index (χ3v) is 6.92. The Kier molecular flexibility index (Phi) is 6.58. The summed E-state index contributed by atoms with van der Waals surface area (Å²) in [5.74, 6) is 0.726. The van der Waals surface area contributed by atoms with Gasteiger partial charge in [-0.2, -0.15) is 5.10 Å². The van der Waals surface area contributed by atoms with Crippen LogP contribution in [0.25, 0.3) is 0 Å². The Hall–Kier alpha value is -2.54. The van der Waals surface area contributed by atoms with Crippen LogP contribution in [-0.2, 0) is 11.2 Å². The predicted octanol–water partition coefficient (Wildman–Crippen LogP) is 5.88. The summed E-state index contributed by atoms with van der Waals surface area (Å²) in [5.41, 5.74) is 5.29. The maximum atomic E-state index is 6.52. The van der Waals surface area contributed by atoms with Crippen molar-refractivity contribution in [2.24, 2.45) is 0 Å². The molecular weight excluding hydrogens is 457 g/mol. The standard InChI is InChI=1S/C25H27Cl2N5O/c1-17(21-14-18(26)7-8-22(21)27)32-9-3-6-23-24(32)16-25(30-29-23)28-19-4-2-5-20(15-19)31-10-12-33-13-11-31/h2,4-5,7-8,14-17H,3,6,9-13H2,1H3,(H,28,30)/t17-/m1/s1. The number of hydrogen-bond donors (Lipinski definition) is 1. The topological polar surface area (TPSA) is 53.5 Å². The lowest BCUT2D eigenvalue weighted by atomic mass is 10.0. The fourth-order valence-corrected chi connectivity index (χ4v) is 5.04. The Morgan fingerprint density at radius 1 is 1.00 bits per heavy atom. The van der Waals surface area contributed by atoms with E-state index in [1.165, 1.54) is 5.69 Å². The molecule has 0 amide bonds. The number of rotatable bonds is 5. The molecule has 1 N–H and O–H groups in total. The molecule has 3 aromatic rings. The van der Waals surface area contributed by atoms with Crippen LogP contribution in [0.3, 0.4) is 0 Å². The normalized spacial score (nSPS) is 16.9. The summed E-state index contributed by atoms with van der Waals surface area (Å²) in [4.78, 5) is 4.69. The van der Waals surface area contributed by atoms with Gasteiger partial charge in [-0.3, -0.25) is 0 Å². The molecule has 2 aliphatic heterocycles. The number of halogens is 2. The van der Waals surface area contributed by atoms with Gasteiger partial charge in [-0.25, -0.2) is 0 Å². The number of anilines is 4. The number of morpholine rings is 1. The molecule has 5 rings (SSSR count). The molecule has 33 heavy (non-hydrogen) atoms. The predicted molar refractivity (Wildman–Crippen MR) is 135 cm³/mol. The molecule has 2 aromatic carbocycles. The second-order valence-electron chi connectivity index (χ2n) is 8.48. The van der Waals surface area contributed by atoms with Crippen molar-refractivity contribution in [2.45, 2.75) is 25.8 Å². The van der Waals surface area contributed by atoms with Crippen LogP contribution in [0.4, 0.5) is 22.9 Å². The van der Waals surface area contributed by atoms with Crippen LogP contribution < -0.4 is 15.1 Å². The van der Waals surface area contributed by atoms with Gasteiger partial charge in [-0.1, -0.05) is 29.3 Å². The Labute approximate surface area is 204 Å². The second-order valence-corrected chi connectivity index (χ2v) is 9.32. The number of ether oxygens (including phenoxy) is 1. The summed E-state index contributed by atoms with van der Waals surface area (Å²) in [7, 11) is 0. The fraction of sp³-hybridized carbons (Fsp3) is 0.360. The Balaban J connectivity index is 1.40. The van der Waals surface area contributed by atoms with E-state index < -0.39 is 0 Å². The van der Waals surface area contributed by atoms with Gasteiger partial charge in [-0.15, -0.1) is 5.10 Å². The average molecular weight is 484 g/mol. The van der Waals surface area contributed by atoms with Crippen molar-refractivity contribution in [1.29, 1.82) is 0 Å². The molecule has 0 bridgehead atoms. The number of nitrogens with zero attached hydrogens (tertiary/aromatic N) is 4.